The molecule has 1 nitrogen and oxygen atoms in total. The molecule has 1 fully saturated rings. The van der Waals surface area contributed by atoms with Gasteiger partial charge in [0.25, 0.3) is 0 Å². The van der Waals surface area contributed by atoms with Crippen LogP contribution in [0.2, 0.25) is 0 Å². The highest BCUT2D eigenvalue weighted by atomic mass is 32.2. The number of thioether (sulfide) groups is 1. The van der Waals surface area contributed by atoms with Gasteiger partial charge in [-0.25, -0.2) is 13.2 Å². The number of rotatable bonds is 2. The zero-order chi connectivity index (χ0) is 11.2. The third-order valence-electron chi connectivity index (χ3n) is 2.55. The molecule has 0 unspecified atom stereocenters. The number of benzene rings is 1. The summed E-state index contributed by atoms with van der Waals surface area (Å²) in [4.78, 5) is -0.347. The zero-order valence-electron chi connectivity index (χ0n) is 7.98. The lowest BCUT2D eigenvalue weighted by atomic mass is 10.1. The van der Waals surface area contributed by atoms with Crippen LogP contribution in [-0.4, -0.2) is 11.4 Å². The summed E-state index contributed by atoms with van der Waals surface area (Å²) >= 11 is 0.804. The Morgan fingerprint density at radius 1 is 1.27 bits per heavy atom. The van der Waals surface area contributed by atoms with Crippen molar-refractivity contribution in [2.45, 2.75) is 23.3 Å². The van der Waals surface area contributed by atoms with Gasteiger partial charge in [0.1, 0.15) is 5.82 Å². The van der Waals surface area contributed by atoms with Crippen molar-refractivity contribution in [3.05, 3.63) is 29.1 Å². The molecule has 82 valence electrons. The van der Waals surface area contributed by atoms with E-state index in [0.717, 1.165) is 17.8 Å². The lowest BCUT2D eigenvalue weighted by molar-refractivity contribution is 0.144. The van der Waals surface area contributed by atoms with Crippen LogP contribution in [0.4, 0.5) is 13.2 Å². The fourth-order valence-electron chi connectivity index (χ4n) is 1.49. The molecule has 0 aromatic heterocycles. The van der Waals surface area contributed by atoms with Gasteiger partial charge in [0.05, 0.1) is 10.5 Å². The minimum atomic E-state index is -1.36. The van der Waals surface area contributed by atoms with E-state index >= 15 is 0 Å². The van der Waals surface area contributed by atoms with Gasteiger partial charge in [-0.05, 0) is 25.2 Å². The molecule has 0 aliphatic heterocycles. The summed E-state index contributed by atoms with van der Waals surface area (Å²) in [7, 11) is 0. The monoisotopic (exact) mass is 234 g/mol. The first-order valence-corrected chi connectivity index (χ1v) is 5.66. The Kier molecular flexibility index (Phi) is 2.47. The van der Waals surface area contributed by atoms with Crippen molar-refractivity contribution < 1.29 is 18.3 Å². The van der Waals surface area contributed by atoms with Crippen LogP contribution in [0.5, 0.6) is 0 Å². The molecule has 1 saturated carbocycles. The lowest BCUT2D eigenvalue weighted by Crippen LogP contribution is -2.10. The minimum Gasteiger partial charge on any atom is -0.385 e. The van der Waals surface area contributed by atoms with E-state index in [1.54, 1.807) is 0 Å². The van der Waals surface area contributed by atoms with Crippen LogP contribution in [0, 0.1) is 17.5 Å². The summed E-state index contributed by atoms with van der Waals surface area (Å²) in [6.07, 6.45) is 2.16. The topological polar surface area (TPSA) is 20.2 Å². The van der Waals surface area contributed by atoms with Crippen molar-refractivity contribution in [1.82, 2.24) is 0 Å². The Labute approximate surface area is 89.3 Å². The van der Waals surface area contributed by atoms with Crippen LogP contribution in [0.1, 0.15) is 18.4 Å². The van der Waals surface area contributed by atoms with Crippen molar-refractivity contribution in [1.29, 1.82) is 0 Å². The Morgan fingerprint density at radius 2 is 1.87 bits per heavy atom. The van der Waals surface area contributed by atoms with Gasteiger partial charge in [0.15, 0.2) is 11.6 Å². The van der Waals surface area contributed by atoms with Crippen LogP contribution < -0.4 is 0 Å². The first kappa shape index (κ1) is 10.8. The van der Waals surface area contributed by atoms with E-state index in [1.807, 2.05) is 0 Å². The maximum absolute atomic E-state index is 13.5. The first-order chi connectivity index (χ1) is 6.99. The molecule has 1 aliphatic rings. The molecule has 2 rings (SSSR count). The van der Waals surface area contributed by atoms with Gasteiger partial charge in [-0.15, -0.1) is 11.8 Å². The molecule has 0 spiro atoms. The van der Waals surface area contributed by atoms with Crippen molar-refractivity contribution in [2.75, 3.05) is 6.26 Å². The van der Waals surface area contributed by atoms with Crippen LogP contribution in [0.25, 0.3) is 0 Å². The highest BCUT2D eigenvalue weighted by molar-refractivity contribution is 7.98. The largest absolute Gasteiger partial charge is 0.385 e. The van der Waals surface area contributed by atoms with E-state index in [0.29, 0.717) is 12.8 Å². The molecule has 1 aromatic carbocycles. The van der Waals surface area contributed by atoms with Crippen LogP contribution in [0.15, 0.2) is 11.0 Å². The van der Waals surface area contributed by atoms with Crippen molar-refractivity contribution in [3.8, 4) is 0 Å². The Balaban J connectivity index is 2.59. The minimum absolute atomic E-state index is 0.268. The summed E-state index contributed by atoms with van der Waals surface area (Å²) in [6.45, 7) is 0. The average Bonchev–Trinajstić information content (AvgIpc) is 2.92. The van der Waals surface area contributed by atoms with E-state index in [9.17, 15) is 18.3 Å². The molecular weight excluding hydrogens is 225 g/mol. The fraction of sp³-hybridized carbons (Fsp3) is 0.400. The quantitative estimate of drug-likeness (QED) is 0.627. The highest BCUT2D eigenvalue weighted by Gasteiger charge is 2.45. The van der Waals surface area contributed by atoms with Crippen molar-refractivity contribution in [3.63, 3.8) is 0 Å². The second kappa shape index (κ2) is 3.42. The molecule has 0 bridgehead atoms. The molecule has 1 N–H and O–H groups in total. The predicted molar refractivity (Wildman–Crippen MR) is 51.2 cm³/mol. The van der Waals surface area contributed by atoms with E-state index in [-0.39, 0.29) is 10.5 Å². The van der Waals surface area contributed by atoms with Gasteiger partial charge < -0.3 is 5.11 Å². The summed E-state index contributed by atoms with van der Waals surface area (Å²) in [5.74, 6) is -3.17. The predicted octanol–water partition coefficient (Wildman–Crippen LogP) is 2.81. The standard InChI is InChI=1S/C10H9F3OS/c1-15-9-6(11)4-5(7(12)8(9)13)10(14)2-3-10/h4,14H,2-3H2,1H3. The van der Waals surface area contributed by atoms with Crippen LogP contribution >= 0.6 is 11.8 Å². The molecule has 0 radical (unpaired) electrons. The van der Waals surface area contributed by atoms with Gasteiger partial charge in [0.2, 0.25) is 0 Å². The van der Waals surface area contributed by atoms with E-state index in [1.165, 1.54) is 6.26 Å². The average molecular weight is 234 g/mol. The van der Waals surface area contributed by atoms with Crippen LogP contribution in [-0.2, 0) is 5.60 Å². The number of hydrogen-bond donors (Lipinski definition) is 1. The van der Waals surface area contributed by atoms with Gasteiger partial charge >= 0.3 is 0 Å². The fourth-order valence-corrected chi connectivity index (χ4v) is 2.01. The third kappa shape index (κ3) is 1.63. The second-order valence-electron chi connectivity index (χ2n) is 3.60. The van der Waals surface area contributed by atoms with Gasteiger partial charge in [-0.2, -0.15) is 0 Å². The Bertz CT molecular complexity index is 416. The number of aliphatic hydroxyl groups is 1. The molecule has 0 saturated heterocycles. The summed E-state index contributed by atoms with van der Waals surface area (Å²) in [5.41, 5.74) is -1.63. The first-order valence-electron chi connectivity index (χ1n) is 4.44. The van der Waals surface area contributed by atoms with Gasteiger partial charge in [0, 0.05) is 5.56 Å². The molecule has 0 amide bonds. The molecule has 0 atom stereocenters. The normalized spacial score (nSPS) is 17.9. The van der Waals surface area contributed by atoms with Crippen molar-refractivity contribution >= 4 is 11.8 Å². The van der Waals surface area contributed by atoms with E-state index < -0.39 is 23.1 Å². The summed E-state index contributed by atoms with van der Waals surface area (Å²) < 4.78 is 40.1. The van der Waals surface area contributed by atoms with Gasteiger partial charge in [-0.3, -0.25) is 0 Å². The number of halogens is 3. The van der Waals surface area contributed by atoms with Crippen molar-refractivity contribution in [2.24, 2.45) is 0 Å². The Morgan fingerprint density at radius 3 is 2.33 bits per heavy atom. The third-order valence-corrected chi connectivity index (χ3v) is 3.33. The maximum Gasteiger partial charge on any atom is 0.175 e. The SMILES string of the molecule is CSc1c(F)cc(C2(O)CC2)c(F)c1F. The van der Waals surface area contributed by atoms with E-state index in [4.69, 9.17) is 0 Å². The Hall–Kier alpha value is -0.680. The molecule has 15 heavy (non-hydrogen) atoms. The van der Waals surface area contributed by atoms with E-state index in [2.05, 4.69) is 0 Å². The highest BCUT2D eigenvalue weighted by Crippen LogP contribution is 2.47. The number of hydrogen-bond acceptors (Lipinski definition) is 2. The zero-order valence-corrected chi connectivity index (χ0v) is 8.80. The lowest BCUT2D eigenvalue weighted by Gasteiger charge is -2.12. The summed E-state index contributed by atoms with van der Waals surface area (Å²) in [6, 6.07) is 0.886. The molecule has 0 heterocycles. The molecule has 1 aromatic rings. The van der Waals surface area contributed by atoms with Crippen LogP contribution in [0.3, 0.4) is 0 Å². The summed E-state index contributed by atoms with van der Waals surface area (Å²) in [5, 5.41) is 9.61. The smallest absolute Gasteiger partial charge is 0.175 e. The second-order valence-corrected chi connectivity index (χ2v) is 4.42. The molecule has 1 aliphatic carbocycles. The maximum atomic E-state index is 13.5. The molecule has 5 heteroatoms. The molecular formula is C10H9F3OS. The van der Waals surface area contributed by atoms with Gasteiger partial charge in [-0.1, -0.05) is 0 Å².